The molecule has 0 bridgehead atoms. The van der Waals surface area contributed by atoms with Gasteiger partial charge in [0.1, 0.15) is 4.83 Å². The monoisotopic (exact) mass is 248 g/mol. The van der Waals surface area contributed by atoms with Crippen LogP contribution in [0, 0.1) is 19.3 Å². The quantitative estimate of drug-likeness (QED) is 0.813. The zero-order valence-electron chi connectivity index (χ0n) is 9.66. The maximum Gasteiger partial charge on any atom is 0.330 e. The van der Waals surface area contributed by atoms with Crippen LogP contribution in [0.4, 0.5) is 0 Å². The van der Waals surface area contributed by atoms with E-state index < -0.39 is 5.69 Å². The summed E-state index contributed by atoms with van der Waals surface area (Å²) in [4.78, 5) is 28.3. The molecule has 0 aliphatic rings. The fourth-order valence-electron chi connectivity index (χ4n) is 1.95. The Morgan fingerprint density at radius 1 is 1.47 bits per heavy atom. The van der Waals surface area contributed by atoms with Crippen LogP contribution in [0.2, 0.25) is 0 Å². The van der Waals surface area contributed by atoms with E-state index in [1.54, 1.807) is 0 Å². The van der Waals surface area contributed by atoms with E-state index in [1.807, 2.05) is 13.8 Å². The molecular formula is C12H12N2O2S. The number of nitrogens with zero attached hydrogens (tertiary/aromatic N) is 1. The minimum Gasteiger partial charge on any atom is -0.298 e. The summed E-state index contributed by atoms with van der Waals surface area (Å²) in [5.74, 6) is 2.32. The Bertz CT molecular complexity index is 728. The summed E-state index contributed by atoms with van der Waals surface area (Å²) in [5, 5.41) is 0.602. The fourth-order valence-corrected chi connectivity index (χ4v) is 3.07. The molecule has 17 heavy (non-hydrogen) atoms. The van der Waals surface area contributed by atoms with Gasteiger partial charge in [0.25, 0.3) is 5.56 Å². The average Bonchev–Trinajstić information content (AvgIpc) is 2.60. The van der Waals surface area contributed by atoms with Gasteiger partial charge in [0.2, 0.25) is 0 Å². The van der Waals surface area contributed by atoms with Gasteiger partial charge >= 0.3 is 5.69 Å². The number of aromatic nitrogens is 2. The Kier molecular flexibility index (Phi) is 2.90. The molecule has 0 aromatic carbocycles. The summed E-state index contributed by atoms with van der Waals surface area (Å²) in [6.45, 7) is 3.94. The highest BCUT2D eigenvalue weighted by Crippen LogP contribution is 2.26. The number of rotatable bonds is 2. The smallest absolute Gasteiger partial charge is 0.298 e. The van der Waals surface area contributed by atoms with Gasteiger partial charge in [0.05, 0.1) is 11.9 Å². The fraction of sp³-hybridized carbons (Fsp3) is 0.333. The SMILES string of the molecule is C#CCn1c(=O)[nH]c2sc(C)c(CC)c2c1=O. The zero-order chi connectivity index (χ0) is 12.6. The van der Waals surface area contributed by atoms with Crippen LogP contribution >= 0.6 is 11.3 Å². The number of aromatic amines is 1. The van der Waals surface area contributed by atoms with Crippen LogP contribution in [-0.4, -0.2) is 9.55 Å². The normalized spacial score (nSPS) is 10.6. The number of aryl methyl sites for hydroxylation is 2. The van der Waals surface area contributed by atoms with Crippen molar-refractivity contribution in [3.05, 3.63) is 31.3 Å². The maximum absolute atomic E-state index is 12.2. The first-order valence-corrected chi connectivity index (χ1v) is 6.10. The van der Waals surface area contributed by atoms with Crippen LogP contribution in [0.15, 0.2) is 9.59 Å². The van der Waals surface area contributed by atoms with Gasteiger partial charge in [-0.15, -0.1) is 17.8 Å². The third-order valence-corrected chi connectivity index (χ3v) is 3.80. The van der Waals surface area contributed by atoms with Gasteiger partial charge in [-0.25, -0.2) is 9.36 Å². The van der Waals surface area contributed by atoms with E-state index in [0.29, 0.717) is 10.2 Å². The van der Waals surface area contributed by atoms with Crippen LogP contribution in [-0.2, 0) is 13.0 Å². The first kappa shape index (κ1) is 11.7. The van der Waals surface area contributed by atoms with Gasteiger partial charge in [0.15, 0.2) is 0 Å². The first-order valence-electron chi connectivity index (χ1n) is 5.28. The second kappa shape index (κ2) is 4.22. The average molecular weight is 248 g/mol. The van der Waals surface area contributed by atoms with Crippen molar-refractivity contribution in [2.24, 2.45) is 0 Å². The predicted octanol–water partition coefficient (Wildman–Crippen LogP) is 1.26. The van der Waals surface area contributed by atoms with Crippen LogP contribution < -0.4 is 11.2 Å². The summed E-state index contributed by atoms with van der Waals surface area (Å²) < 4.78 is 1.06. The van der Waals surface area contributed by atoms with Gasteiger partial charge in [-0.1, -0.05) is 12.8 Å². The minimum absolute atomic E-state index is 0.00214. The predicted molar refractivity (Wildman–Crippen MR) is 69.7 cm³/mol. The first-order chi connectivity index (χ1) is 8.10. The molecular weight excluding hydrogens is 236 g/mol. The van der Waals surface area contributed by atoms with Crippen molar-refractivity contribution in [1.82, 2.24) is 9.55 Å². The number of H-pyrrole nitrogens is 1. The third kappa shape index (κ3) is 1.71. The Balaban J connectivity index is 2.95. The van der Waals surface area contributed by atoms with Gasteiger partial charge in [-0.2, -0.15) is 0 Å². The molecule has 0 saturated carbocycles. The van der Waals surface area contributed by atoms with E-state index in [1.165, 1.54) is 11.3 Å². The van der Waals surface area contributed by atoms with Crippen molar-refractivity contribution in [2.45, 2.75) is 26.8 Å². The highest BCUT2D eigenvalue weighted by atomic mass is 32.1. The van der Waals surface area contributed by atoms with Crippen molar-refractivity contribution in [1.29, 1.82) is 0 Å². The third-order valence-electron chi connectivity index (χ3n) is 2.74. The summed E-state index contributed by atoms with van der Waals surface area (Å²) >= 11 is 1.44. The number of terminal acetylenes is 1. The molecule has 0 aliphatic carbocycles. The lowest BCUT2D eigenvalue weighted by Gasteiger charge is -2.00. The van der Waals surface area contributed by atoms with Gasteiger partial charge in [-0.05, 0) is 18.9 Å². The molecule has 4 nitrogen and oxygen atoms in total. The molecule has 0 saturated heterocycles. The number of nitrogens with one attached hydrogen (secondary N) is 1. The summed E-state index contributed by atoms with van der Waals surface area (Å²) in [5.41, 5.74) is 0.268. The second-order valence-electron chi connectivity index (χ2n) is 3.72. The number of fused-ring (bicyclic) bond motifs is 1. The lowest BCUT2D eigenvalue weighted by atomic mass is 10.1. The van der Waals surface area contributed by atoms with E-state index in [0.717, 1.165) is 21.4 Å². The number of thiophene rings is 1. The molecule has 2 aromatic heterocycles. The highest BCUT2D eigenvalue weighted by molar-refractivity contribution is 7.18. The Morgan fingerprint density at radius 3 is 2.76 bits per heavy atom. The van der Waals surface area contributed by atoms with Crippen LogP contribution in [0.3, 0.4) is 0 Å². The lowest BCUT2D eigenvalue weighted by molar-refractivity contribution is 0.742. The number of hydrogen-bond donors (Lipinski definition) is 1. The van der Waals surface area contributed by atoms with E-state index in [4.69, 9.17) is 6.42 Å². The number of hydrogen-bond acceptors (Lipinski definition) is 3. The van der Waals surface area contributed by atoms with Crippen LogP contribution in [0.25, 0.3) is 10.2 Å². The molecule has 2 aromatic rings. The zero-order valence-corrected chi connectivity index (χ0v) is 10.5. The Morgan fingerprint density at radius 2 is 2.18 bits per heavy atom. The molecule has 0 unspecified atom stereocenters. The van der Waals surface area contributed by atoms with Gasteiger partial charge in [0, 0.05) is 4.88 Å². The molecule has 1 N–H and O–H groups in total. The molecule has 0 amide bonds. The topological polar surface area (TPSA) is 54.9 Å². The standard InChI is InChI=1S/C12H12N2O2S/c1-4-6-14-11(15)9-8(5-2)7(3)17-10(9)13-12(14)16/h1H,5-6H2,2-3H3,(H,13,16). The highest BCUT2D eigenvalue weighted by Gasteiger charge is 2.14. The van der Waals surface area contributed by atoms with Crippen LogP contribution in [0.5, 0.6) is 0 Å². The van der Waals surface area contributed by atoms with Gasteiger partial charge in [-0.3, -0.25) is 9.78 Å². The van der Waals surface area contributed by atoms with Crippen LogP contribution in [0.1, 0.15) is 17.4 Å². The molecule has 0 fully saturated rings. The molecule has 0 aliphatic heterocycles. The lowest BCUT2D eigenvalue weighted by Crippen LogP contribution is -2.34. The molecule has 2 rings (SSSR count). The minimum atomic E-state index is -0.440. The molecule has 0 atom stereocenters. The summed E-state index contributed by atoms with van der Waals surface area (Å²) in [7, 11) is 0. The molecule has 2 heterocycles. The largest absolute Gasteiger partial charge is 0.330 e. The molecule has 0 radical (unpaired) electrons. The second-order valence-corrected chi connectivity index (χ2v) is 4.94. The van der Waals surface area contributed by atoms with E-state index in [2.05, 4.69) is 10.9 Å². The Hall–Kier alpha value is -1.80. The van der Waals surface area contributed by atoms with Gasteiger partial charge < -0.3 is 0 Å². The van der Waals surface area contributed by atoms with Crippen molar-refractivity contribution < 1.29 is 0 Å². The molecule has 0 spiro atoms. The molecule has 88 valence electrons. The Labute approximate surface area is 102 Å². The van der Waals surface area contributed by atoms with E-state index in [9.17, 15) is 9.59 Å². The van der Waals surface area contributed by atoms with Crippen molar-refractivity contribution in [2.75, 3.05) is 0 Å². The van der Waals surface area contributed by atoms with Crippen molar-refractivity contribution >= 4 is 21.6 Å². The van der Waals surface area contributed by atoms with Crippen molar-refractivity contribution in [3.8, 4) is 12.3 Å². The molecule has 5 heteroatoms. The summed E-state index contributed by atoms with van der Waals surface area (Å²) in [6, 6.07) is 0. The maximum atomic E-state index is 12.2. The van der Waals surface area contributed by atoms with Crippen molar-refractivity contribution in [3.63, 3.8) is 0 Å². The summed E-state index contributed by atoms with van der Waals surface area (Å²) in [6.07, 6.45) is 5.93. The van der Waals surface area contributed by atoms with E-state index >= 15 is 0 Å². The van der Waals surface area contributed by atoms with E-state index in [-0.39, 0.29) is 12.1 Å².